The smallest absolute Gasteiger partial charge is 0.264 e. The van der Waals surface area contributed by atoms with Crippen LogP contribution in [0.2, 0.25) is 0 Å². The lowest BCUT2D eigenvalue weighted by atomic mass is 9.97. The SMILES string of the molecule is NNC(=O)C1=C(O)CCCC1. The molecule has 0 aromatic heterocycles. The van der Waals surface area contributed by atoms with Gasteiger partial charge in [-0.2, -0.15) is 0 Å². The fourth-order valence-electron chi connectivity index (χ4n) is 1.22. The molecule has 4 nitrogen and oxygen atoms in total. The predicted octanol–water partition coefficient (Wildman–Crippen LogP) is 0.362. The Balaban J connectivity index is 2.74. The van der Waals surface area contributed by atoms with Gasteiger partial charge < -0.3 is 5.11 Å². The van der Waals surface area contributed by atoms with E-state index >= 15 is 0 Å². The quantitative estimate of drug-likeness (QED) is 0.291. The van der Waals surface area contributed by atoms with Crippen LogP contribution >= 0.6 is 0 Å². The van der Waals surface area contributed by atoms with Crippen molar-refractivity contribution >= 4 is 5.91 Å². The van der Waals surface area contributed by atoms with Gasteiger partial charge in [0.2, 0.25) is 0 Å². The molecule has 4 heteroatoms. The first kappa shape index (κ1) is 8.07. The predicted molar refractivity (Wildman–Crippen MR) is 40.5 cm³/mol. The Morgan fingerprint density at radius 3 is 2.64 bits per heavy atom. The van der Waals surface area contributed by atoms with Gasteiger partial charge in [0.05, 0.1) is 5.57 Å². The lowest BCUT2D eigenvalue weighted by Gasteiger charge is -2.13. The van der Waals surface area contributed by atoms with E-state index in [1.165, 1.54) is 0 Å². The first-order valence-electron chi connectivity index (χ1n) is 3.67. The third-order valence-electron chi connectivity index (χ3n) is 1.84. The molecule has 0 unspecified atom stereocenters. The Morgan fingerprint density at radius 1 is 1.45 bits per heavy atom. The summed E-state index contributed by atoms with van der Waals surface area (Å²) < 4.78 is 0. The Morgan fingerprint density at radius 2 is 2.09 bits per heavy atom. The maximum Gasteiger partial charge on any atom is 0.264 e. The molecule has 1 aliphatic rings. The molecule has 0 bridgehead atoms. The zero-order valence-corrected chi connectivity index (χ0v) is 6.26. The molecular weight excluding hydrogens is 144 g/mol. The molecule has 0 radical (unpaired) electrons. The summed E-state index contributed by atoms with van der Waals surface area (Å²) in [4.78, 5) is 10.9. The number of allylic oxidation sites excluding steroid dienone is 1. The molecule has 11 heavy (non-hydrogen) atoms. The molecule has 0 fully saturated rings. The van der Waals surface area contributed by atoms with Gasteiger partial charge in [0.25, 0.3) is 5.91 Å². The van der Waals surface area contributed by atoms with Crippen LogP contribution in [0.25, 0.3) is 0 Å². The summed E-state index contributed by atoms with van der Waals surface area (Å²) in [6, 6.07) is 0. The van der Waals surface area contributed by atoms with Crippen molar-refractivity contribution in [1.82, 2.24) is 5.43 Å². The molecule has 1 amide bonds. The van der Waals surface area contributed by atoms with Crippen molar-refractivity contribution in [2.45, 2.75) is 25.7 Å². The number of carbonyl (C=O) groups excluding carboxylic acids is 1. The number of rotatable bonds is 1. The van der Waals surface area contributed by atoms with E-state index in [0.717, 1.165) is 12.8 Å². The summed E-state index contributed by atoms with van der Waals surface area (Å²) >= 11 is 0. The zero-order valence-electron chi connectivity index (χ0n) is 6.26. The van der Waals surface area contributed by atoms with E-state index in [1.54, 1.807) is 0 Å². The van der Waals surface area contributed by atoms with Gasteiger partial charge in [-0.05, 0) is 19.3 Å². The van der Waals surface area contributed by atoms with Gasteiger partial charge in [0, 0.05) is 6.42 Å². The Hall–Kier alpha value is -1.03. The minimum absolute atomic E-state index is 0.194. The average Bonchev–Trinajstić information content (AvgIpc) is 2.04. The van der Waals surface area contributed by atoms with Crippen LogP contribution < -0.4 is 11.3 Å². The van der Waals surface area contributed by atoms with Crippen molar-refractivity contribution in [3.63, 3.8) is 0 Å². The van der Waals surface area contributed by atoms with Crippen molar-refractivity contribution in [3.05, 3.63) is 11.3 Å². The van der Waals surface area contributed by atoms with Gasteiger partial charge >= 0.3 is 0 Å². The molecular formula is C7H12N2O2. The second-order valence-corrected chi connectivity index (χ2v) is 2.61. The highest BCUT2D eigenvalue weighted by Gasteiger charge is 2.17. The molecule has 0 spiro atoms. The van der Waals surface area contributed by atoms with Gasteiger partial charge in [0.1, 0.15) is 5.76 Å². The van der Waals surface area contributed by atoms with Crippen LogP contribution in [0.1, 0.15) is 25.7 Å². The summed E-state index contributed by atoms with van der Waals surface area (Å²) in [5, 5.41) is 9.23. The largest absolute Gasteiger partial charge is 0.512 e. The van der Waals surface area contributed by atoms with Gasteiger partial charge in [-0.3, -0.25) is 10.2 Å². The van der Waals surface area contributed by atoms with Gasteiger partial charge in [-0.15, -0.1) is 0 Å². The van der Waals surface area contributed by atoms with Crippen molar-refractivity contribution in [2.75, 3.05) is 0 Å². The van der Waals surface area contributed by atoms with E-state index in [-0.39, 0.29) is 11.7 Å². The molecule has 62 valence electrons. The minimum Gasteiger partial charge on any atom is -0.512 e. The van der Waals surface area contributed by atoms with Gasteiger partial charge in [-0.1, -0.05) is 0 Å². The second kappa shape index (κ2) is 3.39. The molecule has 0 aliphatic heterocycles. The van der Waals surface area contributed by atoms with Crippen LogP contribution in [0, 0.1) is 0 Å². The highest BCUT2D eigenvalue weighted by molar-refractivity contribution is 5.93. The number of nitrogens with one attached hydrogen (secondary N) is 1. The lowest BCUT2D eigenvalue weighted by Crippen LogP contribution is -2.32. The van der Waals surface area contributed by atoms with Crippen LogP contribution in [-0.4, -0.2) is 11.0 Å². The molecule has 1 rings (SSSR count). The van der Waals surface area contributed by atoms with Crippen LogP contribution in [0.3, 0.4) is 0 Å². The average molecular weight is 156 g/mol. The molecule has 0 heterocycles. The fourth-order valence-corrected chi connectivity index (χ4v) is 1.22. The normalized spacial score (nSPS) is 18.3. The molecule has 0 atom stereocenters. The number of aliphatic hydroxyl groups is 1. The minimum atomic E-state index is -0.359. The third-order valence-corrected chi connectivity index (χ3v) is 1.84. The van der Waals surface area contributed by atoms with E-state index in [0.29, 0.717) is 18.4 Å². The lowest BCUT2D eigenvalue weighted by molar-refractivity contribution is -0.118. The highest BCUT2D eigenvalue weighted by atomic mass is 16.3. The monoisotopic (exact) mass is 156 g/mol. The second-order valence-electron chi connectivity index (χ2n) is 2.61. The number of aliphatic hydroxyl groups excluding tert-OH is 1. The van der Waals surface area contributed by atoms with E-state index in [4.69, 9.17) is 5.84 Å². The number of carbonyl (C=O) groups is 1. The summed E-state index contributed by atoms with van der Waals surface area (Å²) in [6.07, 6.45) is 3.14. The topological polar surface area (TPSA) is 75.3 Å². The fraction of sp³-hybridized carbons (Fsp3) is 0.571. The Bertz CT molecular complexity index is 199. The van der Waals surface area contributed by atoms with E-state index < -0.39 is 0 Å². The van der Waals surface area contributed by atoms with E-state index in [1.807, 2.05) is 5.43 Å². The molecule has 4 N–H and O–H groups in total. The molecule has 0 saturated carbocycles. The molecule has 0 aromatic carbocycles. The first-order chi connectivity index (χ1) is 5.25. The zero-order chi connectivity index (χ0) is 8.27. The van der Waals surface area contributed by atoms with Crippen LogP contribution in [0.4, 0.5) is 0 Å². The highest BCUT2D eigenvalue weighted by Crippen LogP contribution is 2.22. The van der Waals surface area contributed by atoms with E-state index in [2.05, 4.69) is 0 Å². The van der Waals surface area contributed by atoms with Crippen molar-refractivity contribution in [1.29, 1.82) is 0 Å². The standard InChI is InChI=1S/C7H12N2O2/c8-9-7(11)5-3-1-2-4-6(5)10/h10H,1-4,8H2,(H,9,11). The number of hydrogen-bond donors (Lipinski definition) is 3. The number of amides is 1. The van der Waals surface area contributed by atoms with Crippen LogP contribution in [0.5, 0.6) is 0 Å². The van der Waals surface area contributed by atoms with Crippen LogP contribution in [-0.2, 0) is 4.79 Å². The summed E-state index contributed by atoms with van der Waals surface area (Å²) in [5.74, 6) is 4.75. The van der Waals surface area contributed by atoms with Crippen LogP contribution in [0.15, 0.2) is 11.3 Å². The Labute approximate surface area is 65.0 Å². The van der Waals surface area contributed by atoms with Crippen molar-refractivity contribution in [2.24, 2.45) is 5.84 Å². The maximum absolute atomic E-state index is 10.9. The maximum atomic E-state index is 10.9. The number of nitrogens with two attached hydrogens (primary N) is 1. The van der Waals surface area contributed by atoms with Gasteiger partial charge in [-0.25, -0.2) is 5.84 Å². The van der Waals surface area contributed by atoms with Gasteiger partial charge in [0.15, 0.2) is 0 Å². The number of hydrogen-bond acceptors (Lipinski definition) is 3. The summed E-state index contributed by atoms with van der Waals surface area (Å²) in [5.41, 5.74) is 2.45. The third kappa shape index (κ3) is 1.71. The molecule has 1 aliphatic carbocycles. The first-order valence-corrected chi connectivity index (χ1v) is 3.67. The molecule has 0 saturated heterocycles. The number of hydrazine groups is 1. The van der Waals surface area contributed by atoms with E-state index in [9.17, 15) is 9.90 Å². The van der Waals surface area contributed by atoms with Crippen molar-refractivity contribution in [3.8, 4) is 0 Å². The Kier molecular flexibility index (Phi) is 2.48. The summed E-state index contributed by atoms with van der Waals surface area (Å²) in [7, 11) is 0. The molecule has 0 aromatic rings. The summed E-state index contributed by atoms with van der Waals surface area (Å²) in [6.45, 7) is 0. The van der Waals surface area contributed by atoms with Crippen molar-refractivity contribution < 1.29 is 9.90 Å².